The van der Waals surface area contributed by atoms with Gasteiger partial charge in [0.2, 0.25) is 0 Å². The van der Waals surface area contributed by atoms with Crippen LogP contribution in [0.2, 0.25) is 0 Å². The maximum atomic E-state index is 5.62. The standard InChI is InChI=1S/3C8H9O.Bi/c3*1-7-5-3-4-6-8(7)9-2;/h3*3-6H,1H2,2H3;. The molecule has 3 nitrogen and oxygen atoms in total. The summed E-state index contributed by atoms with van der Waals surface area (Å²) in [7, 11) is 5.26. The quantitative estimate of drug-likeness (QED) is 0.344. The van der Waals surface area contributed by atoms with Crippen LogP contribution in [0.1, 0.15) is 16.7 Å². The summed E-state index contributed by atoms with van der Waals surface area (Å²) >= 11 is -2.05. The zero-order chi connectivity index (χ0) is 19.8. The third kappa shape index (κ3) is 5.26. The van der Waals surface area contributed by atoms with Gasteiger partial charge in [-0.3, -0.25) is 0 Å². The van der Waals surface area contributed by atoms with E-state index in [-0.39, 0.29) is 0 Å². The van der Waals surface area contributed by atoms with Gasteiger partial charge in [0.1, 0.15) is 0 Å². The molecule has 0 aromatic heterocycles. The van der Waals surface area contributed by atoms with Crippen molar-refractivity contribution < 1.29 is 14.2 Å². The van der Waals surface area contributed by atoms with Crippen molar-refractivity contribution in [3.63, 3.8) is 0 Å². The second-order valence-electron chi connectivity index (χ2n) is 6.58. The van der Waals surface area contributed by atoms with E-state index in [9.17, 15) is 0 Å². The van der Waals surface area contributed by atoms with Crippen LogP contribution in [0.5, 0.6) is 17.2 Å². The second kappa shape index (κ2) is 10.5. The molecule has 0 amide bonds. The zero-order valence-electron chi connectivity index (χ0n) is 16.7. The van der Waals surface area contributed by atoms with Crippen molar-refractivity contribution in [3.05, 3.63) is 89.5 Å². The molecule has 3 aromatic carbocycles. The summed E-state index contributed by atoms with van der Waals surface area (Å²) in [6.45, 7) is 0. The minimum atomic E-state index is -2.05. The fraction of sp³-hybridized carbons (Fsp3) is 0.250. The third-order valence-corrected chi connectivity index (χ3v) is 13.9. The first-order valence-electron chi connectivity index (χ1n) is 9.33. The summed E-state index contributed by atoms with van der Waals surface area (Å²) in [5, 5.41) is 0. The molecule has 3 rings (SSSR count). The summed E-state index contributed by atoms with van der Waals surface area (Å²) in [6, 6.07) is 25.2. The zero-order valence-corrected chi connectivity index (χ0v) is 20.2. The number of ether oxygens (including phenoxy) is 3. The monoisotopic (exact) mass is 572 g/mol. The summed E-state index contributed by atoms with van der Waals surface area (Å²) < 4.78 is 20.2. The number of para-hydroxylation sites is 3. The Kier molecular flexibility index (Phi) is 7.74. The van der Waals surface area contributed by atoms with Gasteiger partial charge in [-0.15, -0.1) is 0 Å². The van der Waals surface area contributed by atoms with Crippen LogP contribution in [0.15, 0.2) is 72.8 Å². The first-order valence-corrected chi connectivity index (χ1v) is 16.7. The van der Waals surface area contributed by atoms with Crippen LogP contribution in [-0.2, 0) is 12.4 Å². The second-order valence-corrected chi connectivity index (χ2v) is 15.5. The van der Waals surface area contributed by atoms with Gasteiger partial charge in [0.15, 0.2) is 0 Å². The summed E-state index contributed by atoms with van der Waals surface area (Å²) in [6.07, 6.45) is 0. The van der Waals surface area contributed by atoms with Crippen molar-refractivity contribution in [2.24, 2.45) is 0 Å². The number of hydrogen-bond acceptors (Lipinski definition) is 3. The van der Waals surface area contributed by atoms with E-state index in [1.807, 2.05) is 18.2 Å². The molecule has 0 saturated heterocycles. The molecule has 0 N–H and O–H groups in total. The summed E-state index contributed by atoms with van der Waals surface area (Å²) in [4.78, 5) is 0. The van der Waals surface area contributed by atoms with E-state index >= 15 is 0 Å². The van der Waals surface area contributed by atoms with Crippen LogP contribution >= 0.6 is 0 Å². The predicted octanol–water partition coefficient (Wildman–Crippen LogP) is 4.85. The number of methoxy groups -OCH3 is 3. The van der Waals surface area contributed by atoms with Gasteiger partial charge in [0, 0.05) is 0 Å². The molecule has 0 radical (unpaired) electrons. The average Bonchev–Trinajstić information content (AvgIpc) is 2.75. The molecular weight excluding hydrogens is 545 g/mol. The molecule has 0 saturated carbocycles. The Morgan fingerprint density at radius 1 is 0.500 bits per heavy atom. The van der Waals surface area contributed by atoms with Crippen LogP contribution in [0.3, 0.4) is 0 Å². The van der Waals surface area contributed by atoms with Crippen molar-refractivity contribution in [2.45, 2.75) is 12.4 Å². The van der Waals surface area contributed by atoms with Crippen LogP contribution in [0, 0.1) is 0 Å². The molecule has 146 valence electrons. The predicted molar refractivity (Wildman–Crippen MR) is 116 cm³/mol. The SMILES string of the molecule is COc1ccccc1[CH2][Bi]([CH2]c1ccccc1OC)[CH2]c1ccccc1OC. The van der Waals surface area contributed by atoms with Crippen molar-refractivity contribution in [1.82, 2.24) is 0 Å². The van der Waals surface area contributed by atoms with Gasteiger partial charge >= 0.3 is 176 Å². The van der Waals surface area contributed by atoms with Crippen molar-refractivity contribution in [1.29, 1.82) is 0 Å². The maximum absolute atomic E-state index is 5.62. The molecule has 0 fully saturated rings. The molecule has 0 atom stereocenters. The molecule has 0 aliphatic rings. The molecule has 0 heterocycles. The van der Waals surface area contributed by atoms with E-state index < -0.39 is 21.8 Å². The van der Waals surface area contributed by atoms with Gasteiger partial charge in [-0.1, -0.05) is 0 Å². The van der Waals surface area contributed by atoms with Gasteiger partial charge in [-0.05, 0) is 0 Å². The van der Waals surface area contributed by atoms with Crippen LogP contribution in [-0.4, -0.2) is 43.1 Å². The summed E-state index contributed by atoms with van der Waals surface area (Å²) in [5.74, 6) is 2.97. The Bertz CT molecular complexity index is 777. The van der Waals surface area contributed by atoms with Gasteiger partial charge in [-0.2, -0.15) is 0 Å². The van der Waals surface area contributed by atoms with E-state index in [1.165, 1.54) is 16.7 Å². The molecule has 0 aliphatic heterocycles. The molecule has 0 spiro atoms. The molecule has 0 unspecified atom stereocenters. The first-order chi connectivity index (χ1) is 13.7. The molecule has 0 bridgehead atoms. The molecule has 28 heavy (non-hydrogen) atoms. The van der Waals surface area contributed by atoms with Gasteiger partial charge < -0.3 is 0 Å². The molecule has 3 aromatic rings. The molecular formula is C24H27BiO3. The molecule has 0 aliphatic carbocycles. The summed E-state index contributed by atoms with van der Waals surface area (Å²) in [5.41, 5.74) is 3.94. The van der Waals surface area contributed by atoms with Gasteiger partial charge in [-0.25, -0.2) is 0 Å². The van der Waals surface area contributed by atoms with E-state index in [4.69, 9.17) is 14.2 Å². The number of rotatable bonds is 9. The topological polar surface area (TPSA) is 27.7 Å². The van der Waals surface area contributed by atoms with Crippen LogP contribution in [0.4, 0.5) is 0 Å². The van der Waals surface area contributed by atoms with Crippen LogP contribution < -0.4 is 14.2 Å². The van der Waals surface area contributed by atoms with E-state index in [1.54, 1.807) is 21.3 Å². The van der Waals surface area contributed by atoms with E-state index in [2.05, 4.69) is 54.6 Å². The first kappa shape index (κ1) is 20.7. The van der Waals surface area contributed by atoms with E-state index in [0.717, 1.165) is 29.6 Å². The fourth-order valence-corrected chi connectivity index (χ4v) is 13.4. The average molecular weight is 572 g/mol. The number of benzene rings is 3. The molecule has 4 heteroatoms. The minimum absolute atomic E-state index is 0.988. The van der Waals surface area contributed by atoms with Gasteiger partial charge in [0.05, 0.1) is 0 Å². The Labute approximate surface area is 175 Å². The third-order valence-electron chi connectivity index (χ3n) is 4.76. The van der Waals surface area contributed by atoms with E-state index in [0.29, 0.717) is 0 Å². The Morgan fingerprint density at radius 3 is 1.07 bits per heavy atom. The van der Waals surface area contributed by atoms with Crippen LogP contribution in [0.25, 0.3) is 0 Å². The number of hydrogen-bond donors (Lipinski definition) is 0. The van der Waals surface area contributed by atoms with Crippen molar-refractivity contribution >= 4 is 21.8 Å². The van der Waals surface area contributed by atoms with Gasteiger partial charge in [0.25, 0.3) is 0 Å². The normalized spacial score (nSPS) is 10.7. The Balaban J connectivity index is 1.91. The Hall–Kier alpha value is -2.06. The Morgan fingerprint density at radius 2 is 0.786 bits per heavy atom. The van der Waals surface area contributed by atoms with Crippen molar-refractivity contribution in [2.75, 3.05) is 21.3 Å². The van der Waals surface area contributed by atoms with Crippen molar-refractivity contribution in [3.8, 4) is 17.2 Å². The fourth-order valence-electron chi connectivity index (χ4n) is 3.39.